The van der Waals surface area contributed by atoms with Crippen molar-refractivity contribution >= 4 is 5.78 Å². The van der Waals surface area contributed by atoms with E-state index in [9.17, 15) is 4.79 Å². The van der Waals surface area contributed by atoms with Crippen LogP contribution in [-0.2, 0) is 6.42 Å². The number of ketones is 1. The van der Waals surface area contributed by atoms with E-state index in [1.807, 2.05) is 50.6 Å². The zero-order valence-corrected chi connectivity index (χ0v) is 19.8. The van der Waals surface area contributed by atoms with Gasteiger partial charge in [0.25, 0.3) is 0 Å². The van der Waals surface area contributed by atoms with E-state index in [0.29, 0.717) is 12.8 Å². The Bertz CT molecular complexity index is 1050. The molecular formula is C27H34N2O2. The number of benzene rings is 2. The second-order valence-corrected chi connectivity index (χ2v) is 9.54. The summed E-state index contributed by atoms with van der Waals surface area (Å²) in [5, 5.41) is 4.81. The van der Waals surface area contributed by atoms with Crippen LogP contribution in [0.3, 0.4) is 0 Å². The molecule has 4 heteroatoms. The van der Waals surface area contributed by atoms with Gasteiger partial charge in [-0.2, -0.15) is 5.10 Å². The topological polar surface area (TPSA) is 44.1 Å². The van der Waals surface area contributed by atoms with Crippen molar-refractivity contribution < 1.29 is 9.53 Å². The van der Waals surface area contributed by atoms with Gasteiger partial charge in [0.15, 0.2) is 5.78 Å². The number of nitrogens with zero attached hydrogens (tertiary/aromatic N) is 2. The Balaban J connectivity index is 1.75. The smallest absolute Gasteiger partial charge is 0.163 e. The van der Waals surface area contributed by atoms with Crippen LogP contribution in [0.15, 0.2) is 48.5 Å². The summed E-state index contributed by atoms with van der Waals surface area (Å²) in [6, 6.07) is 16.5. The molecule has 4 nitrogen and oxygen atoms in total. The Labute approximate surface area is 186 Å². The fourth-order valence-electron chi connectivity index (χ4n) is 3.59. The number of ether oxygens (including phenoxy) is 1. The summed E-state index contributed by atoms with van der Waals surface area (Å²) in [6.07, 6.45) is 1.11. The van der Waals surface area contributed by atoms with Gasteiger partial charge in [-0.05, 0) is 84.7 Å². The predicted molar refractivity (Wildman–Crippen MR) is 127 cm³/mol. The summed E-state index contributed by atoms with van der Waals surface area (Å²) in [5.74, 6) is 0.962. The number of hydrogen-bond acceptors (Lipinski definition) is 3. The molecule has 164 valence electrons. The lowest BCUT2D eigenvalue weighted by Crippen LogP contribution is -2.23. The van der Waals surface area contributed by atoms with Crippen molar-refractivity contribution in [1.82, 2.24) is 9.78 Å². The Kier molecular flexibility index (Phi) is 6.68. The van der Waals surface area contributed by atoms with E-state index in [1.54, 1.807) is 0 Å². The molecule has 3 rings (SSSR count). The second kappa shape index (κ2) is 9.09. The van der Waals surface area contributed by atoms with Gasteiger partial charge in [-0.1, -0.05) is 29.8 Å². The first kappa shape index (κ1) is 22.8. The highest BCUT2D eigenvalue weighted by Gasteiger charge is 2.17. The van der Waals surface area contributed by atoms with Gasteiger partial charge in [-0.3, -0.25) is 9.48 Å². The Hall–Kier alpha value is -2.88. The van der Waals surface area contributed by atoms with Gasteiger partial charge in [-0.25, -0.2) is 0 Å². The van der Waals surface area contributed by atoms with Crippen LogP contribution in [-0.4, -0.2) is 21.2 Å². The molecule has 3 aromatic rings. The van der Waals surface area contributed by atoms with E-state index >= 15 is 0 Å². The summed E-state index contributed by atoms with van der Waals surface area (Å²) in [7, 11) is 0. The van der Waals surface area contributed by atoms with Gasteiger partial charge in [0.2, 0.25) is 0 Å². The summed E-state index contributed by atoms with van der Waals surface area (Å²) in [4.78, 5) is 12.9. The summed E-state index contributed by atoms with van der Waals surface area (Å²) in [5.41, 5.74) is 5.82. The monoisotopic (exact) mass is 418 g/mol. The summed E-state index contributed by atoms with van der Waals surface area (Å²) in [6.45, 7) is 14.4. The van der Waals surface area contributed by atoms with Crippen LogP contribution in [0.25, 0.3) is 11.3 Å². The highest BCUT2D eigenvalue weighted by atomic mass is 16.5. The SMILES string of the molecule is Cc1ccc(-c2cc(CCC(=O)c3ccc(OC(C)(C)C)c(C)c3)n(C(C)C)n2)cc1. The molecule has 0 aliphatic carbocycles. The molecule has 31 heavy (non-hydrogen) atoms. The average Bonchev–Trinajstić information content (AvgIpc) is 3.12. The number of carbonyl (C=O) groups excluding carboxylic acids is 1. The molecule has 0 atom stereocenters. The fraction of sp³-hybridized carbons (Fsp3) is 0.407. The lowest BCUT2D eigenvalue weighted by atomic mass is 10.0. The number of aryl methyl sites for hydroxylation is 3. The molecule has 0 aliphatic rings. The van der Waals surface area contributed by atoms with Crippen LogP contribution in [0.1, 0.15) is 74.3 Å². The Morgan fingerprint density at radius 1 is 1.03 bits per heavy atom. The highest BCUT2D eigenvalue weighted by molar-refractivity contribution is 5.96. The fourth-order valence-corrected chi connectivity index (χ4v) is 3.59. The number of carbonyl (C=O) groups is 1. The summed E-state index contributed by atoms with van der Waals surface area (Å²) >= 11 is 0. The lowest BCUT2D eigenvalue weighted by molar-refractivity contribution is 0.0981. The van der Waals surface area contributed by atoms with Crippen molar-refractivity contribution in [2.24, 2.45) is 0 Å². The minimum atomic E-state index is -0.263. The quantitative estimate of drug-likeness (QED) is 0.399. The third-order valence-corrected chi connectivity index (χ3v) is 5.17. The first-order valence-corrected chi connectivity index (χ1v) is 11.0. The van der Waals surface area contributed by atoms with E-state index in [2.05, 4.69) is 51.1 Å². The number of Topliss-reactive ketones (excluding diaryl/α,β-unsaturated/α-hetero) is 1. The van der Waals surface area contributed by atoms with Crippen LogP contribution in [0.4, 0.5) is 0 Å². The molecule has 2 aromatic carbocycles. The number of hydrogen-bond donors (Lipinski definition) is 0. The maximum Gasteiger partial charge on any atom is 0.163 e. The summed E-state index contributed by atoms with van der Waals surface area (Å²) < 4.78 is 8.00. The molecule has 1 heterocycles. The number of aromatic nitrogens is 2. The molecule has 0 saturated heterocycles. The molecule has 0 radical (unpaired) electrons. The van der Waals surface area contributed by atoms with E-state index in [-0.39, 0.29) is 17.4 Å². The largest absolute Gasteiger partial charge is 0.488 e. The normalized spacial score (nSPS) is 11.7. The molecule has 0 aliphatic heterocycles. The van der Waals surface area contributed by atoms with Crippen molar-refractivity contribution in [2.75, 3.05) is 0 Å². The minimum absolute atomic E-state index is 0.138. The molecule has 1 aromatic heterocycles. The van der Waals surface area contributed by atoms with Crippen molar-refractivity contribution in [3.63, 3.8) is 0 Å². The van der Waals surface area contributed by atoms with Gasteiger partial charge in [-0.15, -0.1) is 0 Å². The molecule has 0 spiro atoms. The van der Waals surface area contributed by atoms with Crippen molar-refractivity contribution in [3.05, 3.63) is 70.9 Å². The third kappa shape index (κ3) is 5.84. The van der Waals surface area contributed by atoms with Crippen LogP contribution >= 0.6 is 0 Å². The zero-order chi connectivity index (χ0) is 22.8. The lowest BCUT2D eigenvalue weighted by Gasteiger charge is -2.22. The first-order valence-electron chi connectivity index (χ1n) is 11.0. The van der Waals surface area contributed by atoms with Gasteiger partial charge >= 0.3 is 0 Å². The van der Waals surface area contributed by atoms with Crippen LogP contribution in [0.5, 0.6) is 5.75 Å². The Morgan fingerprint density at radius 3 is 2.29 bits per heavy atom. The Morgan fingerprint density at radius 2 is 1.71 bits per heavy atom. The molecule has 0 unspecified atom stereocenters. The first-order chi connectivity index (χ1) is 14.5. The van der Waals surface area contributed by atoms with E-state index in [0.717, 1.165) is 33.8 Å². The average molecular weight is 419 g/mol. The van der Waals surface area contributed by atoms with Crippen LogP contribution < -0.4 is 4.74 Å². The van der Waals surface area contributed by atoms with Crippen LogP contribution in [0.2, 0.25) is 0 Å². The van der Waals surface area contributed by atoms with E-state index < -0.39 is 0 Å². The van der Waals surface area contributed by atoms with Gasteiger partial charge < -0.3 is 4.74 Å². The zero-order valence-electron chi connectivity index (χ0n) is 19.8. The standard InChI is InChI=1S/C27H34N2O2/c1-18(2)29-23(17-24(28-29)21-10-8-19(3)9-11-21)13-14-25(30)22-12-15-26(20(4)16-22)31-27(5,6)7/h8-12,15-18H,13-14H2,1-7H3. The molecular weight excluding hydrogens is 384 g/mol. The second-order valence-electron chi connectivity index (χ2n) is 9.54. The third-order valence-electron chi connectivity index (χ3n) is 5.17. The molecule has 0 amide bonds. The van der Waals surface area contributed by atoms with Gasteiger partial charge in [0.05, 0.1) is 5.69 Å². The van der Waals surface area contributed by atoms with Crippen LogP contribution in [0, 0.1) is 13.8 Å². The molecule has 0 N–H and O–H groups in total. The molecule has 0 fully saturated rings. The molecule has 0 bridgehead atoms. The van der Waals surface area contributed by atoms with E-state index in [4.69, 9.17) is 9.84 Å². The minimum Gasteiger partial charge on any atom is -0.488 e. The predicted octanol–water partition coefficient (Wildman–Crippen LogP) is 6.74. The van der Waals surface area contributed by atoms with Gasteiger partial charge in [0, 0.05) is 29.3 Å². The van der Waals surface area contributed by atoms with Crippen molar-refractivity contribution in [3.8, 4) is 17.0 Å². The van der Waals surface area contributed by atoms with Gasteiger partial charge in [0.1, 0.15) is 11.4 Å². The number of rotatable bonds is 7. The molecule has 0 saturated carbocycles. The maximum absolute atomic E-state index is 12.9. The maximum atomic E-state index is 12.9. The highest BCUT2D eigenvalue weighted by Crippen LogP contribution is 2.26. The van der Waals surface area contributed by atoms with Crippen molar-refractivity contribution in [1.29, 1.82) is 0 Å². The van der Waals surface area contributed by atoms with E-state index in [1.165, 1.54) is 5.56 Å². The van der Waals surface area contributed by atoms with Crippen molar-refractivity contribution in [2.45, 2.75) is 73.0 Å².